The van der Waals surface area contributed by atoms with E-state index in [9.17, 15) is 13.2 Å². The van der Waals surface area contributed by atoms with E-state index >= 15 is 0 Å². The van der Waals surface area contributed by atoms with E-state index in [1.165, 1.54) is 7.11 Å². The lowest BCUT2D eigenvalue weighted by atomic mass is 10.2. The molecule has 0 spiro atoms. The first-order chi connectivity index (χ1) is 11.9. The minimum Gasteiger partial charge on any atom is -0.497 e. The van der Waals surface area contributed by atoms with Crippen LogP contribution in [0.15, 0.2) is 54.6 Å². The fourth-order valence-electron chi connectivity index (χ4n) is 2.25. The Balaban J connectivity index is 2.04. The fraction of sp³-hybridized carbons (Fsp3) is 0.278. The monoisotopic (exact) mass is 368 g/mol. The van der Waals surface area contributed by atoms with Gasteiger partial charge in [-0.15, -0.1) is 0 Å². The summed E-state index contributed by atoms with van der Waals surface area (Å²) in [6, 6.07) is 16.2. The number of nitrogens with one attached hydrogen (secondary N) is 1. The van der Waals surface area contributed by atoms with Crippen molar-refractivity contribution >= 4 is 17.3 Å². The molecule has 0 atom stereocenters. The second-order valence-electron chi connectivity index (χ2n) is 5.46. The number of ether oxygens (including phenoxy) is 1. The van der Waals surface area contributed by atoms with E-state index in [0.717, 1.165) is 10.5 Å². The Hall–Kier alpha value is -2.28. The van der Waals surface area contributed by atoms with E-state index in [4.69, 9.17) is 17.0 Å². The standard InChI is InChI=1S/C18H19F3N2OS/c1-24-16-9-7-15(8-10-16)12-23(13-18(19,20)21)17(25)22-11-14-5-3-2-4-6-14/h2-10H,11-13H2,1H3,(H,22,25). The number of nitrogens with zero attached hydrogens (tertiary/aromatic N) is 1. The van der Waals surface area contributed by atoms with Gasteiger partial charge in [-0.3, -0.25) is 0 Å². The molecule has 0 saturated carbocycles. The molecule has 7 heteroatoms. The number of methoxy groups -OCH3 is 1. The molecule has 0 aliphatic carbocycles. The maximum absolute atomic E-state index is 12.9. The minimum absolute atomic E-state index is 0.0597. The Bertz CT molecular complexity index is 675. The molecule has 0 aliphatic rings. The number of thiocarbonyl (C=S) groups is 1. The summed E-state index contributed by atoms with van der Waals surface area (Å²) in [4.78, 5) is 1.11. The number of hydrogen-bond acceptors (Lipinski definition) is 2. The van der Waals surface area contributed by atoms with Crippen molar-refractivity contribution in [1.82, 2.24) is 10.2 Å². The Kier molecular flexibility index (Phi) is 6.64. The molecular formula is C18H19F3N2OS. The van der Waals surface area contributed by atoms with Crippen LogP contribution in [0.1, 0.15) is 11.1 Å². The van der Waals surface area contributed by atoms with Crippen LogP contribution in [0, 0.1) is 0 Å². The first-order valence-corrected chi connectivity index (χ1v) is 8.04. The van der Waals surface area contributed by atoms with Crippen molar-refractivity contribution in [3.8, 4) is 5.75 Å². The fourth-order valence-corrected chi connectivity index (χ4v) is 2.45. The van der Waals surface area contributed by atoms with Gasteiger partial charge in [0.2, 0.25) is 0 Å². The first-order valence-electron chi connectivity index (χ1n) is 7.64. The molecule has 0 unspecified atom stereocenters. The molecule has 0 radical (unpaired) electrons. The van der Waals surface area contributed by atoms with E-state index in [0.29, 0.717) is 17.9 Å². The van der Waals surface area contributed by atoms with Crippen molar-refractivity contribution in [3.05, 3.63) is 65.7 Å². The highest BCUT2D eigenvalue weighted by Gasteiger charge is 2.31. The molecule has 134 valence electrons. The number of alkyl halides is 3. The molecule has 0 aromatic heterocycles. The molecule has 2 aromatic rings. The predicted molar refractivity (Wildman–Crippen MR) is 95.3 cm³/mol. The third-order valence-electron chi connectivity index (χ3n) is 3.48. The van der Waals surface area contributed by atoms with E-state index in [-0.39, 0.29) is 11.7 Å². The molecule has 0 amide bonds. The summed E-state index contributed by atoms with van der Waals surface area (Å²) < 4.78 is 43.8. The lowest BCUT2D eigenvalue weighted by Crippen LogP contribution is -2.43. The molecule has 25 heavy (non-hydrogen) atoms. The molecule has 0 fully saturated rings. The zero-order chi connectivity index (χ0) is 18.3. The van der Waals surface area contributed by atoms with Gasteiger partial charge in [0.15, 0.2) is 5.11 Å². The van der Waals surface area contributed by atoms with Crippen molar-refractivity contribution in [3.63, 3.8) is 0 Å². The van der Waals surface area contributed by atoms with Crippen LogP contribution in [0.2, 0.25) is 0 Å². The van der Waals surface area contributed by atoms with Gasteiger partial charge in [-0.2, -0.15) is 13.2 Å². The highest BCUT2D eigenvalue weighted by molar-refractivity contribution is 7.80. The highest BCUT2D eigenvalue weighted by Crippen LogP contribution is 2.19. The summed E-state index contributed by atoms with van der Waals surface area (Å²) in [5.74, 6) is 0.649. The summed E-state index contributed by atoms with van der Waals surface area (Å²) in [5.41, 5.74) is 1.66. The van der Waals surface area contributed by atoms with E-state index in [1.54, 1.807) is 24.3 Å². The second kappa shape index (κ2) is 8.71. The summed E-state index contributed by atoms with van der Waals surface area (Å²) in [6.07, 6.45) is -4.34. The zero-order valence-corrected chi connectivity index (χ0v) is 14.5. The second-order valence-corrected chi connectivity index (χ2v) is 5.85. The molecule has 1 N–H and O–H groups in total. The van der Waals surface area contributed by atoms with E-state index < -0.39 is 12.7 Å². The van der Waals surface area contributed by atoms with Gasteiger partial charge >= 0.3 is 6.18 Å². The van der Waals surface area contributed by atoms with Crippen molar-refractivity contribution < 1.29 is 17.9 Å². The molecular weight excluding hydrogens is 349 g/mol. The van der Waals surface area contributed by atoms with Crippen molar-refractivity contribution in [2.45, 2.75) is 19.3 Å². The highest BCUT2D eigenvalue weighted by atomic mass is 32.1. The normalized spacial score (nSPS) is 11.0. The van der Waals surface area contributed by atoms with Crippen LogP contribution >= 0.6 is 12.2 Å². The molecule has 2 rings (SSSR count). The van der Waals surface area contributed by atoms with Crippen molar-refractivity contribution in [2.75, 3.05) is 13.7 Å². The number of halogens is 3. The molecule has 0 saturated heterocycles. The van der Waals surface area contributed by atoms with Gasteiger partial charge in [0.05, 0.1) is 7.11 Å². The van der Waals surface area contributed by atoms with Gasteiger partial charge in [0, 0.05) is 13.1 Å². The SMILES string of the molecule is COc1ccc(CN(CC(F)(F)F)C(=S)NCc2ccccc2)cc1. The third kappa shape index (κ3) is 6.62. The summed E-state index contributed by atoms with van der Waals surface area (Å²) >= 11 is 5.18. The minimum atomic E-state index is -4.34. The van der Waals surface area contributed by atoms with Gasteiger partial charge in [-0.1, -0.05) is 42.5 Å². The van der Waals surface area contributed by atoms with E-state index in [1.807, 2.05) is 30.3 Å². The van der Waals surface area contributed by atoms with Gasteiger partial charge in [0.1, 0.15) is 12.3 Å². The molecule has 2 aromatic carbocycles. The lowest BCUT2D eigenvalue weighted by molar-refractivity contribution is -0.138. The van der Waals surface area contributed by atoms with Crippen LogP contribution in [0.25, 0.3) is 0 Å². The summed E-state index contributed by atoms with van der Waals surface area (Å²) in [7, 11) is 1.54. The van der Waals surface area contributed by atoms with Gasteiger partial charge in [-0.25, -0.2) is 0 Å². The van der Waals surface area contributed by atoms with Crippen molar-refractivity contribution in [2.24, 2.45) is 0 Å². The number of benzene rings is 2. The quantitative estimate of drug-likeness (QED) is 0.775. The van der Waals surface area contributed by atoms with Crippen LogP contribution < -0.4 is 10.1 Å². The largest absolute Gasteiger partial charge is 0.497 e. The lowest BCUT2D eigenvalue weighted by Gasteiger charge is -2.27. The maximum atomic E-state index is 12.9. The summed E-state index contributed by atoms with van der Waals surface area (Å²) in [5, 5.41) is 2.96. The average Bonchev–Trinajstić information content (AvgIpc) is 2.59. The van der Waals surface area contributed by atoms with Crippen LogP contribution in [0.4, 0.5) is 13.2 Å². The Morgan fingerprint density at radius 2 is 1.68 bits per heavy atom. The maximum Gasteiger partial charge on any atom is 0.406 e. The van der Waals surface area contributed by atoms with Gasteiger partial charge in [-0.05, 0) is 35.5 Å². The zero-order valence-electron chi connectivity index (χ0n) is 13.7. The van der Waals surface area contributed by atoms with Gasteiger partial charge in [0.25, 0.3) is 0 Å². The Labute approximate surface area is 150 Å². The van der Waals surface area contributed by atoms with Crippen LogP contribution in [0.5, 0.6) is 5.75 Å². The van der Waals surface area contributed by atoms with Gasteiger partial charge < -0.3 is 15.0 Å². The summed E-state index contributed by atoms with van der Waals surface area (Å²) in [6.45, 7) is -0.680. The number of hydrogen-bond donors (Lipinski definition) is 1. The average molecular weight is 368 g/mol. The third-order valence-corrected chi connectivity index (χ3v) is 3.88. The Morgan fingerprint density at radius 3 is 2.24 bits per heavy atom. The van der Waals surface area contributed by atoms with Crippen LogP contribution in [-0.2, 0) is 13.1 Å². The number of rotatable bonds is 6. The first kappa shape index (κ1) is 19.1. The Morgan fingerprint density at radius 1 is 1.04 bits per heavy atom. The van der Waals surface area contributed by atoms with Crippen LogP contribution in [0.3, 0.4) is 0 Å². The molecule has 0 heterocycles. The molecule has 0 aliphatic heterocycles. The molecule has 3 nitrogen and oxygen atoms in total. The topological polar surface area (TPSA) is 24.5 Å². The van der Waals surface area contributed by atoms with E-state index in [2.05, 4.69) is 5.32 Å². The predicted octanol–water partition coefficient (Wildman–Crippen LogP) is 4.13. The van der Waals surface area contributed by atoms with Crippen LogP contribution in [-0.4, -0.2) is 29.8 Å². The van der Waals surface area contributed by atoms with Crippen molar-refractivity contribution in [1.29, 1.82) is 0 Å². The smallest absolute Gasteiger partial charge is 0.406 e. The molecule has 0 bridgehead atoms.